The molecule has 168 valence electrons. The molecule has 2 aromatic rings. The summed E-state index contributed by atoms with van der Waals surface area (Å²) in [6, 6.07) is 4.02. The molecule has 0 N–H and O–H groups in total. The molecule has 0 aromatic carbocycles. The standard InChI is InChI=1S/C20H26N4O4S3/c25-18(24(14-5-6-14)15-7-10-31(26,27)13-15)12-30-20-22-21-19(17-4-2-9-29-17)23(20)11-16-3-1-8-28-16/h2,4,9,14-16H,1,3,5-8,10-13H2. The lowest BCUT2D eigenvalue weighted by Gasteiger charge is -2.28. The van der Waals surface area contributed by atoms with Gasteiger partial charge >= 0.3 is 0 Å². The smallest absolute Gasteiger partial charge is 0.233 e. The topological polar surface area (TPSA) is 94.4 Å². The molecule has 2 atom stereocenters. The maximum atomic E-state index is 13.1. The first-order valence-electron chi connectivity index (χ1n) is 10.7. The van der Waals surface area contributed by atoms with Crippen LogP contribution in [-0.4, -0.2) is 76.0 Å². The number of ether oxygens (including phenoxy) is 1. The molecule has 2 unspecified atom stereocenters. The number of thiophene rings is 1. The van der Waals surface area contributed by atoms with Crippen molar-refractivity contribution in [3.05, 3.63) is 17.5 Å². The third-order valence-corrected chi connectivity index (χ3v) is 9.59. The van der Waals surface area contributed by atoms with E-state index in [1.165, 1.54) is 11.8 Å². The van der Waals surface area contributed by atoms with E-state index in [1.54, 1.807) is 11.3 Å². The van der Waals surface area contributed by atoms with Crippen molar-refractivity contribution in [2.75, 3.05) is 23.9 Å². The summed E-state index contributed by atoms with van der Waals surface area (Å²) in [5, 5.41) is 11.5. The van der Waals surface area contributed by atoms with Crippen LogP contribution in [0.1, 0.15) is 32.1 Å². The third-order valence-electron chi connectivity index (χ3n) is 6.02. The average molecular weight is 483 g/mol. The lowest BCUT2D eigenvalue weighted by molar-refractivity contribution is -0.130. The lowest BCUT2D eigenvalue weighted by Crippen LogP contribution is -2.43. The van der Waals surface area contributed by atoms with Crippen LogP contribution >= 0.6 is 23.1 Å². The Bertz CT molecular complexity index is 1030. The molecule has 2 aromatic heterocycles. The minimum atomic E-state index is -3.03. The number of amides is 1. The van der Waals surface area contributed by atoms with E-state index in [1.807, 2.05) is 22.4 Å². The third kappa shape index (κ3) is 4.84. The molecular formula is C20H26N4O4S3. The number of aromatic nitrogens is 3. The summed E-state index contributed by atoms with van der Waals surface area (Å²) in [7, 11) is -3.03. The highest BCUT2D eigenvalue weighted by molar-refractivity contribution is 7.99. The van der Waals surface area contributed by atoms with Crippen molar-refractivity contribution in [1.82, 2.24) is 19.7 Å². The maximum Gasteiger partial charge on any atom is 0.233 e. The summed E-state index contributed by atoms with van der Waals surface area (Å²) in [4.78, 5) is 16.0. The van der Waals surface area contributed by atoms with Crippen molar-refractivity contribution < 1.29 is 17.9 Å². The summed E-state index contributed by atoms with van der Waals surface area (Å²) >= 11 is 3.00. The molecule has 3 fully saturated rings. The first-order valence-corrected chi connectivity index (χ1v) is 14.4. The van der Waals surface area contributed by atoms with Crippen LogP contribution in [-0.2, 0) is 25.9 Å². The Kier molecular flexibility index (Phi) is 6.11. The summed E-state index contributed by atoms with van der Waals surface area (Å²) < 4.78 is 31.8. The molecule has 11 heteroatoms. The highest BCUT2D eigenvalue weighted by atomic mass is 32.2. The largest absolute Gasteiger partial charge is 0.376 e. The van der Waals surface area contributed by atoms with E-state index in [9.17, 15) is 13.2 Å². The lowest BCUT2D eigenvalue weighted by atomic mass is 10.2. The van der Waals surface area contributed by atoms with Crippen molar-refractivity contribution >= 4 is 38.8 Å². The van der Waals surface area contributed by atoms with Crippen molar-refractivity contribution in [3.8, 4) is 10.7 Å². The van der Waals surface area contributed by atoms with Gasteiger partial charge in [-0.05, 0) is 43.6 Å². The number of carbonyl (C=O) groups excluding carboxylic acids is 1. The highest BCUT2D eigenvalue weighted by Gasteiger charge is 2.42. The van der Waals surface area contributed by atoms with Gasteiger partial charge in [0.25, 0.3) is 0 Å². The van der Waals surface area contributed by atoms with Gasteiger partial charge in [-0.1, -0.05) is 17.8 Å². The van der Waals surface area contributed by atoms with Crippen molar-refractivity contribution in [2.24, 2.45) is 0 Å². The molecule has 0 bridgehead atoms. The van der Waals surface area contributed by atoms with Crippen LogP contribution in [0.5, 0.6) is 0 Å². The normalized spacial score (nSPS) is 25.2. The molecule has 2 saturated heterocycles. The molecular weight excluding hydrogens is 456 g/mol. The van der Waals surface area contributed by atoms with E-state index >= 15 is 0 Å². The second kappa shape index (κ2) is 8.84. The summed E-state index contributed by atoms with van der Waals surface area (Å²) in [5.41, 5.74) is 0. The van der Waals surface area contributed by atoms with Crippen LogP contribution in [0, 0.1) is 0 Å². The Labute approximate surface area is 190 Å². The van der Waals surface area contributed by atoms with Gasteiger partial charge in [0.05, 0.1) is 34.8 Å². The Morgan fingerprint density at radius 3 is 2.77 bits per heavy atom. The minimum absolute atomic E-state index is 0.000981. The van der Waals surface area contributed by atoms with Crippen LogP contribution in [0.15, 0.2) is 22.7 Å². The van der Waals surface area contributed by atoms with Gasteiger partial charge in [-0.25, -0.2) is 8.42 Å². The van der Waals surface area contributed by atoms with Crippen molar-refractivity contribution in [3.63, 3.8) is 0 Å². The molecule has 1 amide bonds. The molecule has 4 heterocycles. The fourth-order valence-corrected chi connectivity index (χ4v) is 7.64. The first kappa shape index (κ1) is 21.4. The monoisotopic (exact) mass is 482 g/mol. The molecule has 1 saturated carbocycles. The van der Waals surface area contributed by atoms with Gasteiger partial charge < -0.3 is 9.64 Å². The van der Waals surface area contributed by atoms with Gasteiger partial charge in [0, 0.05) is 18.7 Å². The zero-order valence-corrected chi connectivity index (χ0v) is 19.6. The molecule has 2 aliphatic heterocycles. The van der Waals surface area contributed by atoms with E-state index in [-0.39, 0.29) is 41.4 Å². The van der Waals surface area contributed by atoms with Gasteiger partial charge in [-0.2, -0.15) is 0 Å². The van der Waals surface area contributed by atoms with E-state index in [4.69, 9.17) is 4.74 Å². The average Bonchev–Trinajstić information content (AvgIpc) is 3.19. The first-order chi connectivity index (χ1) is 15.0. The van der Waals surface area contributed by atoms with Gasteiger partial charge in [0.2, 0.25) is 5.91 Å². The van der Waals surface area contributed by atoms with Gasteiger partial charge in [-0.3, -0.25) is 9.36 Å². The minimum Gasteiger partial charge on any atom is -0.376 e. The zero-order chi connectivity index (χ0) is 21.4. The second-order valence-corrected chi connectivity index (χ2v) is 12.5. The van der Waals surface area contributed by atoms with E-state index < -0.39 is 9.84 Å². The Morgan fingerprint density at radius 2 is 2.13 bits per heavy atom. The Morgan fingerprint density at radius 1 is 1.26 bits per heavy atom. The highest BCUT2D eigenvalue weighted by Crippen LogP contribution is 2.34. The number of hydrogen-bond acceptors (Lipinski definition) is 8. The predicted molar refractivity (Wildman–Crippen MR) is 120 cm³/mol. The number of sulfone groups is 1. The summed E-state index contributed by atoms with van der Waals surface area (Å²) in [6.45, 7) is 1.45. The number of rotatable bonds is 8. The SMILES string of the molecule is O=C(CSc1nnc(-c2cccs2)n1CC1CCCO1)N(C1CC1)C1CCS(=O)(=O)C1. The fourth-order valence-electron chi connectivity index (χ4n) is 4.39. The summed E-state index contributed by atoms with van der Waals surface area (Å²) in [5.74, 6) is 1.32. The van der Waals surface area contributed by atoms with Gasteiger partial charge in [0.15, 0.2) is 20.8 Å². The maximum absolute atomic E-state index is 13.1. The molecule has 0 radical (unpaired) electrons. The number of nitrogens with zero attached hydrogens (tertiary/aromatic N) is 4. The summed E-state index contributed by atoms with van der Waals surface area (Å²) in [6.07, 6.45) is 4.68. The number of carbonyl (C=O) groups is 1. The van der Waals surface area contributed by atoms with E-state index in [0.29, 0.717) is 18.1 Å². The molecule has 31 heavy (non-hydrogen) atoms. The van der Waals surface area contributed by atoms with Crippen LogP contribution < -0.4 is 0 Å². The van der Waals surface area contributed by atoms with Crippen LogP contribution in [0.2, 0.25) is 0 Å². The molecule has 8 nitrogen and oxygen atoms in total. The molecule has 1 aliphatic carbocycles. The van der Waals surface area contributed by atoms with Gasteiger partial charge in [-0.15, -0.1) is 21.5 Å². The number of hydrogen-bond donors (Lipinski definition) is 0. The zero-order valence-electron chi connectivity index (χ0n) is 17.2. The van der Waals surface area contributed by atoms with Crippen LogP contribution in [0.3, 0.4) is 0 Å². The Hall–Kier alpha value is -1.43. The van der Waals surface area contributed by atoms with E-state index in [0.717, 1.165) is 43.0 Å². The van der Waals surface area contributed by atoms with Crippen LogP contribution in [0.25, 0.3) is 10.7 Å². The van der Waals surface area contributed by atoms with E-state index in [2.05, 4.69) is 14.8 Å². The molecule has 3 aliphatic rings. The predicted octanol–water partition coefficient (Wildman–Crippen LogP) is 2.46. The fraction of sp³-hybridized carbons (Fsp3) is 0.650. The number of thioether (sulfide) groups is 1. The quantitative estimate of drug-likeness (QED) is 0.534. The molecule has 5 rings (SSSR count). The Balaban J connectivity index is 1.31. The van der Waals surface area contributed by atoms with Crippen molar-refractivity contribution in [1.29, 1.82) is 0 Å². The second-order valence-electron chi connectivity index (χ2n) is 8.41. The molecule has 0 spiro atoms. The van der Waals surface area contributed by atoms with Crippen LogP contribution in [0.4, 0.5) is 0 Å². The van der Waals surface area contributed by atoms with Gasteiger partial charge in [0.1, 0.15) is 0 Å². The van der Waals surface area contributed by atoms with Crippen molar-refractivity contribution in [2.45, 2.75) is 62.0 Å².